The van der Waals surface area contributed by atoms with Crippen LogP contribution in [0.3, 0.4) is 0 Å². The van der Waals surface area contributed by atoms with Crippen molar-refractivity contribution in [3.05, 3.63) is 47.0 Å². The molecule has 2 heterocycles. The number of amides is 1. The van der Waals surface area contributed by atoms with Crippen molar-refractivity contribution in [1.82, 2.24) is 9.21 Å². The summed E-state index contributed by atoms with van der Waals surface area (Å²) in [6, 6.07) is 9.81. The lowest BCUT2D eigenvalue weighted by Crippen LogP contribution is -2.51. The first-order chi connectivity index (χ1) is 14.8. The summed E-state index contributed by atoms with van der Waals surface area (Å²) in [7, 11) is -3.69. The maximum atomic E-state index is 13.0. The zero-order chi connectivity index (χ0) is 22.0. The third kappa shape index (κ3) is 4.73. The van der Waals surface area contributed by atoms with E-state index in [1.807, 2.05) is 6.92 Å². The number of carbonyl (C=O) groups excluding carboxylic acids is 1. The van der Waals surface area contributed by atoms with Crippen molar-refractivity contribution >= 4 is 27.5 Å². The maximum Gasteiger partial charge on any atom is 0.260 e. The highest BCUT2D eigenvalue weighted by Gasteiger charge is 2.31. The van der Waals surface area contributed by atoms with Crippen LogP contribution in [0.2, 0.25) is 5.02 Å². The van der Waals surface area contributed by atoms with Crippen molar-refractivity contribution in [3.8, 4) is 17.2 Å². The van der Waals surface area contributed by atoms with Crippen LogP contribution in [0.4, 0.5) is 0 Å². The highest BCUT2D eigenvalue weighted by molar-refractivity contribution is 7.89. The number of sulfonamides is 1. The number of piperazine rings is 1. The fraction of sp³-hybridized carbons (Fsp3) is 0.381. The predicted molar refractivity (Wildman–Crippen MR) is 114 cm³/mol. The Labute approximate surface area is 186 Å². The molecule has 0 aromatic heterocycles. The molecule has 0 atom stereocenters. The van der Waals surface area contributed by atoms with E-state index < -0.39 is 10.0 Å². The monoisotopic (exact) mass is 466 g/mol. The second-order valence-electron chi connectivity index (χ2n) is 7.29. The van der Waals surface area contributed by atoms with Gasteiger partial charge < -0.3 is 19.1 Å². The first-order valence-corrected chi connectivity index (χ1v) is 11.7. The van der Waals surface area contributed by atoms with Gasteiger partial charge in [-0.25, -0.2) is 8.42 Å². The molecule has 2 aromatic rings. The molecule has 4 rings (SSSR count). The smallest absolute Gasteiger partial charge is 0.260 e. The van der Waals surface area contributed by atoms with Crippen molar-refractivity contribution in [2.24, 2.45) is 0 Å². The molecule has 1 saturated heterocycles. The first kappa shape index (κ1) is 21.7. The van der Waals surface area contributed by atoms with E-state index in [9.17, 15) is 13.2 Å². The second-order valence-corrected chi connectivity index (χ2v) is 9.66. The van der Waals surface area contributed by atoms with E-state index in [4.69, 9.17) is 25.8 Å². The summed E-state index contributed by atoms with van der Waals surface area (Å²) < 4.78 is 44.0. The number of aryl methyl sites for hydroxylation is 1. The molecule has 2 aliphatic rings. The quantitative estimate of drug-likeness (QED) is 0.672. The van der Waals surface area contributed by atoms with Crippen LogP contribution in [0.25, 0.3) is 0 Å². The first-order valence-electron chi connectivity index (χ1n) is 9.91. The van der Waals surface area contributed by atoms with Gasteiger partial charge in [0.1, 0.15) is 19.0 Å². The van der Waals surface area contributed by atoms with Crippen molar-refractivity contribution in [2.45, 2.75) is 11.8 Å². The molecule has 0 saturated carbocycles. The predicted octanol–water partition coefficient (Wildman–Crippen LogP) is 2.33. The van der Waals surface area contributed by atoms with Gasteiger partial charge in [0.15, 0.2) is 18.1 Å². The Balaban J connectivity index is 1.35. The molecule has 0 bridgehead atoms. The lowest BCUT2D eigenvalue weighted by Gasteiger charge is -2.34. The van der Waals surface area contributed by atoms with Gasteiger partial charge in [-0.1, -0.05) is 11.6 Å². The van der Waals surface area contributed by atoms with Crippen LogP contribution in [0.1, 0.15) is 5.56 Å². The topological polar surface area (TPSA) is 85.4 Å². The van der Waals surface area contributed by atoms with Gasteiger partial charge in [-0.2, -0.15) is 4.31 Å². The lowest BCUT2D eigenvalue weighted by atomic mass is 10.2. The van der Waals surface area contributed by atoms with Crippen LogP contribution < -0.4 is 14.2 Å². The van der Waals surface area contributed by atoms with Crippen molar-refractivity contribution in [2.75, 3.05) is 46.0 Å². The summed E-state index contributed by atoms with van der Waals surface area (Å²) in [5, 5.41) is 0.603. The highest BCUT2D eigenvalue weighted by atomic mass is 35.5. The van der Waals surface area contributed by atoms with Crippen LogP contribution in [-0.4, -0.2) is 69.5 Å². The summed E-state index contributed by atoms with van der Waals surface area (Å²) in [4.78, 5) is 14.3. The van der Waals surface area contributed by atoms with E-state index in [1.54, 1.807) is 29.2 Å². The van der Waals surface area contributed by atoms with Crippen molar-refractivity contribution < 1.29 is 27.4 Å². The van der Waals surface area contributed by atoms with E-state index >= 15 is 0 Å². The van der Waals surface area contributed by atoms with Gasteiger partial charge in [-0.3, -0.25) is 4.79 Å². The van der Waals surface area contributed by atoms with Gasteiger partial charge in [0, 0.05) is 37.3 Å². The van der Waals surface area contributed by atoms with E-state index in [-0.39, 0.29) is 30.5 Å². The average molecular weight is 467 g/mol. The fourth-order valence-electron chi connectivity index (χ4n) is 3.52. The second kappa shape index (κ2) is 8.94. The third-order valence-corrected chi connectivity index (χ3v) is 7.36. The molecule has 2 aliphatic heterocycles. The van der Waals surface area contributed by atoms with Gasteiger partial charge in [0.05, 0.1) is 4.90 Å². The number of ether oxygens (including phenoxy) is 3. The molecule has 2 aromatic carbocycles. The Kier molecular flexibility index (Phi) is 6.27. The standard InChI is InChI=1S/C21H23ClN2O6S/c1-15-12-16(22)2-4-18(15)30-14-21(25)23-6-8-24(9-7-23)31(26,27)17-3-5-19-20(13-17)29-11-10-28-19/h2-5,12-13H,6-11,14H2,1H3. The molecule has 8 nitrogen and oxygen atoms in total. The summed E-state index contributed by atoms with van der Waals surface area (Å²) >= 11 is 5.93. The van der Waals surface area contributed by atoms with Gasteiger partial charge in [-0.05, 0) is 42.8 Å². The molecule has 0 aliphatic carbocycles. The van der Waals surface area contributed by atoms with Crippen LogP contribution in [-0.2, 0) is 14.8 Å². The zero-order valence-electron chi connectivity index (χ0n) is 17.0. The van der Waals surface area contributed by atoms with Gasteiger partial charge in [0.2, 0.25) is 10.0 Å². The molecule has 0 radical (unpaired) electrons. The number of fused-ring (bicyclic) bond motifs is 1. The molecule has 31 heavy (non-hydrogen) atoms. The largest absolute Gasteiger partial charge is 0.486 e. The Morgan fingerprint density at radius 3 is 2.45 bits per heavy atom. The Morgan fingerprint density at radius 1 is 1.03 bits per heavy atom. The number of nitrogens with zero attached hydrogens (tertiary/aromatic N) is 2. The molecule has 0 spiro atoms. The molecule has 1 amide bonds. The van der Waals surface area contributed by atoms with Crippen LogP contribution in [0, 0.1) is 6.92 Å². The maximum absolute atomic E-state index is 13.0. The molecular weight excluding hydrogens is 444 g/mol. The minimum Gasteiger partial charge on any atom is -0.486 e. The zero-order valence-corrected chi connectivity index (χ0v) is 18.6. The fourth-order valence-corrected chi connectivity index (χ4v) is 5.18. The van der Waals surface area contributed by atoms with Gasteiger partial charge >= 0.3 is 0 Å². The Bertz CT molecular complexity index is 1080. The number of benzene rings is 2. The third-order valence-electron chi connectivity index (χ3n) is 5.23. The average Bonchev–Trinajstić information content (AvgIpc) is 2.78. The number of halogens is 1. The number of hydrogen-bond acceptors (Lipinski definition) is 6. The summed E-state index contributed by atoms with van der Waals surface area (Å²) in [6.45, 7) is 3.58. The summed E-state index contributed by atoms with van der Waals surface area (Å²) in [6.07, 6.45) is 0. The van der Waals surface area contributed by atoms with E-state index in [0.29, 0.717) is 48.6 Å². The van der Waals surface area contributed by atoms with E-state index in [2.05, 4.69) is 0 Å². The normalized spacial score (nSPS) is 16.8. The Morgan fingerprint density at radius 2 is 1.74 bits per heavy atom. The molecule has 0 unspecified atom stereocenters. The Hall–Kier alpha value is -2.49. The molecule has 166 valence electrons. The summed E-state index contributed by atoms with van der Waals surface area (Å²) in [5.74, 6) is 1.37. The van der Waals surface area contributed by atoms with Crippen molar-refractivity contribution in [1.29, 1.82) is 0 Å². The van der Waals surface area contributed by atoms with Crippen LogP contribution >= 0.6 is 11.6 Å². The minimum atomic E-state index is -3.69. The number of hydrogen-bond donors (Lipinski definition) is 0. The minimum absolute atomic E-state index is 0.114. The van der Waals surface area contributed by atoms with Crippen LogP contribution in [0.5, 0.6) is 17.2 Å². The van der Waals surface area contributed by atoms with Gasteiger partial charge in [-0.15, -0.1) is 0 Å². The molecule has 10 heteroatoms. The number of rotatable bonds is 5. The lowest BCUT2D eigenvalue weighted by molar-refractivity contribution is -0.134. The van der Waals surface area contributed by atoms with Crippen molar-refractivity contribution in [3.63, 3.8) is 0 Å². The van der Waals surface area contributed by atoms with E-state index in [0.717, 1.165) is 5.56 Å². The van der Waals surface area contributed by atoms with E-state index in [1.165, 1.54) is 16.4 Å². The summed E-state index contributed by atoms with van der Waals surface area (Å²) in [5.41, 5.74) is 0.843. The van der Waals surface area contributed by atoms with Crippen LogP contribution in [0.15, 0.2) is 41.3 Å². The van der Waals surface area contributed by atoms with Gasteiger partial charge in [0.25, 0.3) is 5.91 Å². The molecular formula is C21H23ClN2O6S. The highest BCUT2D eigenvalue weighted by Crippen LogP contribution is 2.33. The molecule has 1 fully saturated rings. The SMILES string of the molecule is Cc1cc(Cl)ccc1OCC(=O)N1CCN(S(=O)(=O)c2ccc3c(c2)OCCO3)CC1. The number of carbonyl (C=O) groups is 1. The molecule has 0 N–H and O–H groups in total.